The Bertz CT molecular complexity index is 862. The van der Waals surface area contributed by atoms with E-state index in [0.717, 1.165) is 31.9 Å². The Labute approximate surface area is 163 Å². The van der Waals surface area contributed by atoms with Crippen LogP contribution in [0.15, 0.2) is 53.4 Å². The van der Waals surface area contributed by atoms with E-state index in [9.17, 15) is 17.2 Å². The molecular formula is C17H20ClF2N3O3S. The zero-order valence-corrected chi connectivity index (χ0v) is 15.9. The second-order valence-corrected chi connectivity index (χ2v) is 7.43. The summed E-state index contributed by atoms with van der Waals surface area (Å²) in [6.07, 6.45) is 0. The SMILES string of the molecule is Cl.O=S(=O)(Nc1cccc(OC(F)F)c1)c1cccc(N2CCNCC2)c1. The molecule has 0 aliphatic carbocycles. The number of alkyl halides is 2. The molecule has 6 nitrogen and oxygen atoms in total. The summed E-state index contributed by atoms with van der Waals surface area (Å²) >= 11 is 0. The molecule has 0 amide bonds. The smallest absolute Gasteiger partial charge is 0.387 e. The van der Waals surface area contributed by atoms with Crippen molar-refractivity contribution in [1.29, 1.82) is 0 Å². The normalized spacial score (nSPS) is 14.6. The third-order valence-corrected chi connectivity index (χ3v) is 5.30. The van der Waals surface area contributed by atoms with E-state index in [1.807, 2.05) is 6.07 Å². The average molecular weight is 420 g/mol. The van der Waals surface area contributed by atoms with Crippen LogP contribution in [0.2, 0.25) is 0 Å². The van der Waals surface area contributed by atoms with Crippen molar-refractivity contribution >= 4 is 33.8 Å². The molecule has 1 aliphatic heterocycles. The first-order valence-corrected chi connectivity index (χ1v) is 9.56. The van der Waals surface area contributed by atoms with Gasteiger partial charge in [-0.1, -0.05) is 12.1 Å². The van der Waals surface area contributed by atoms with Crippen LogP contribution >= 0.6 is 12.4 Å². The van der Waals surface area contributed by atoms with Crippen molar-refractivity contribution < 1.29 is 21.9 Å². The van der Waals surface area contributed by atoms with Crippen molar-refractivity contribution in [3.05, 3.63) is 48.5 Å². The van der Waals surface area contributed by atoms with E-state index in [2.05, 4.69) is 19.7 Å². The molecule has 0 saturated carbocycles. The highest BCUT2D eigenvalue weighted by Gasteiger charge is 2.18. The Balaban J connectivity index is 0.00000261. The second-order valence-electron chi connectivity index (χ2n) is 5.75. The average Bonchev–Trinajstić information content (AvgIpc) is 2.62. The van der Waals surface area contributed by atoms with Crippen LogP contribution in [-0.2, 0) is 10.0 Å². The van der Waals surface area contributed by atoms with Gasteiger partial charge in [0.05, 0.1) is 10.6 Å². The van der Waals surface area contributed by atoms with Crippen molar-refractivity contribution in [2.45, 2.75) is 11.5 Å². The minimum Gasteiger partial charge on any atom is -0.435 e. The first-order valence-electron chi connectivity index (χ1n) is 8.07. The number of nitrogens with zero attached hydrogens (tertiary/aromatic N) is 1. The van der Waals surface area contributed by atoms with Crippen LogP contribution < -0.4 is 19.7 Å². The van der Waals surface area contributed by atoms with Gasteiger partial charge < -0.3 is 15.0 Å². The van der Waals surface area contributed by atoms with E-state index < -0.39 is 16.6 Å². The molecule has 0 radical (unpaired) electrons. The molecule has 148 valence electrons. The molecule has 3 rings (SSSR count). The van der Waals surface area contributed by atoms with Crippen molar-refractivity contribution in [3.63, 3.8) is 0 Å². The van der Waals surface area contributed by atoms with E-state index in [4.69, 9.17) is 0 Å². The van der Waals surface area contributed by atoms with Crippen LogP contribution in [0.5, 0.6) is 5.75 Å². The standard InChI is InChI=1S/C17H19F2N3O3S.ClH/c18-17(19)25-15-5-1-3-13(11-15)21-26(23,24)16-6-2-4-14(12-16)22-9-7-20-8-10-22;/h1-6,11-12,17,20-21H,7-10H2;1H. The number of benzene rings is 2. The van der Waals surface area contributed by atoms with Crippen LogP contribution in [0.1, 0.15) is 0 Å². The van der Waals surface area contributed by atoms with Crippen molar-refractivity contribution in [3.8, 4) is 5.75 Å². The fourth-order valence-electron chi connectivity index (χ4n) is 2.72. The van der Waals surface area contributed by atoms with Gasteiger partial charge in [-0.05, 0) is 30.3 Å². The van der Waals surface area contributed by atoms with Crippen LogP contribution in [0.4, 0.5) is 20.2 Å². The zero-order chi connectivity index (χ0) is 18.6. The molecule has 0 bridgehead atoms. The minimum absolute atomic E-state index is 0. The summed E-state index contributed by atoms with van der Waals surface area (Å²) in [5, 5.41) is 3.24. The van der Waals surface area contributed by atoms with E-state index >= 15 is 0 Å². The Morgan fingerprint density at radius 3 is 2.48 bits per heavy atom. The predicted octanol–water partition coefficient (Wildman–Crippen LogP) is 2.92. The monoisotopic (exact) mass is 419 g/mol. The molecule has 1 saturated heterocycles. The number of anilines is 2. The lowest BCUT2D eigenvalue weighted by Crippen LogP contribution is -2.43. The number of halogens is 3. The van der Waals surface area contributed by atoms with Gasteiger partial charge in [0.25, 0.3) is 10.0 Å². The van der Waals surface area contributed by atoms with Gasteiger partial charge in [-0.2, -0.15) is 8.78 Å². The van der Waals surface area contributed by atoms with Crippen LogP contribution in [0.25, 0.3) is 0 Å². The lowest BCUT2D eigenvalue weighted by atomic mass is 10.2. The van der Waals surface area contributed by atoms with Gasteiger partial charge >= 0.3 is 6.61 Å². The Kier molecular flexibility index (Phi) is 7.23. The van der Waals surface area contributed by atoms with Gasteiger partial charge in [-0.15, -0.1) is 12.4 Å². The van der Waals surface area contributed by atoms with E-state index in [-0.39, 0.29) is 28.7 Å². The topological polar surface area (TPSA) is 70.7 Å². The maximum atomic E-state index is 12.6. The molecule has 2 aromatic carbocycles. The Morgan fingerprint density at radius 1 is 1.07 bits per heavy atom. The maximum Gasteiger partial charge on any atom is 0.387 e. The molecule has 1 aliphatic rings. The number of sulfonamides is 1. The number of nitrogens with one attached hydrogen (secondary N) is 2. The zero-order valence-electron chi connectivity index (χ0n) is 14.3. The highest BCUT2D eigenvalue weighted by molar-refractivity contribution is 7.92. The first kappa shape index (κ1) is 21.2. The van der Waals surface area contributed by atoms with E-state index in [1.54, 1.807) is 12.1 Å². The Morgan fingerprint density at radius 2 is 1.78 bits per heavy atom. The summed E-state index contributed by atoms with van der Waals surface area (Å²) in [5.74, 6) is -0.116. The number of ether oxygens (including phenoxy) is 1. The van der Waals surface area contributed by atoms with Gasteiger partial charge in [0.15, 0.2) is 0 Å². The van der Waals surface area contributed by atoms with Gasteiger partial charge in [-0.3, -0.25) is 4.72 Å². The molecule has 10 heteroatoms. The van der Waals surface area contributed by atoms with Crippen LogP contribution in [0, 0.1) is 0 Å². The number of hydrogen-bond donors (Lipinski definition) is 2. The number of rotatable bonds is 6. The molecule has 0 unspecified atom stereocenters. The first-order chi connectivity index (χ1) is 12.4. The van der Waals surface area contributed by atoms with Crippen molar-refractivity contribution in [1.82, 2.24) is 5.32 Å². The molecule has 1 fully saturated rings. The molecule has 0 aromatic heterocycles. The Hall–Kier alpha value is -2.10. The minimum atomic E-state index is -3.86. The van der Waals surface area contributed by atoms with Crippen LogP contribution in [0.3, 0.4) is 0 Å². The fraction of sp³-hybridized carbons (Fsp3) is 0.294. The maximum absolute atomic E-state index is 12.6. The molecule has 2 N–H and O–H groups in total. The summed E-state index contributed by atoms with van der Waals surface area (Å²) in [6.45, 7) is 0.296. The molecular weight excluding hydrogens is 400 g/mol. The molecule has 0 atom stereocenters. The van der Waals surface area contributed by atoms with E-state index in [1.165, 1.54) is 30.3 Å². The van der Waals surface area contributed by atoms with Gasteiger partial charge in [0.1, 0.15) is 5.75 Å². The fourth-order valence-corrected chi connectivity index (χ4v) is 3.81. The largest absolute Gasteiger partial charge is 0.435 e. The van der Waals surface area contributed by atoms with Gasteiger partial charge in [0, 0.05) is 37.9 Å². The van der Waals surface area contributed by atoms with Gasteiger partial charge in [-0.25, -0.2) is 8.42 Å². The lowest BCUT2D eigenvalue weighted by Gasteiger charge is -2.29. The number of piperazine rings is 1. The highest BCUT2D eigenvalue weighted by atomic mass is 35.5. The van der Waals surface area contributed by atoms with Gasteiger partial charge in [0.2, 0.25) is 0 Å². The molecule has 2 aromatic rings. The number of hydrogen-bond acceptors (Lipinski definition) is 5. The molecule has 27 heavy (non-hydrogen) atoms. The summed E-state index contributed by atoms with van der Waals surface area (Å²) in [5.41, 5.74) is 0.972. The van der Waals surface area contributed by atoms with E-state index in [0.29, 0.717) is 0 Å². The second kappa shape index (κ2) is 9.20. The third kappa shape index (κ3) is 5.69. The lowest BCUT2D eigenvalue weighted by molar-refractivity contribution is -0.0497. The summed E-state index contributed by atoms with van der Waals surface area (Å²) in [6, 6.07) is 12.1. The quantitative estimate of drug-likeness (QED) is 0.753. The summed E-state index contributed by atoms with van der Waals surface area (Å²) < 4.78 is 56.6. The summed E-state index contributed by atoms with van der Waals surface area (Å²) in [4.78, 5) is 2.21. The molecule has 0 spiro atoms. The predicted molar refractivity (Wildman–Crippen MR) is 103 cm³/mol. The molecule has 1 heterocycles. The third-order valence-electron chi connectivity index (χ3n) is 3.92. The highest BCUT2D eigenvalue weighted by Crippen LogP contribution is 2.24. The summed E-state index contributed by atoms with van der Waals surface area (Å²) in [7, 11) is -3.86. The van der Waals surface area contributed by atoms with Crippen LogP contribution in [-0.4, -0.2) is 41.2 Å². The van der Waals surface area contributed by atoms with Crippen molar-refractivity contribution in [2.24, 2.45) is 0 Å². The van der Waals surface area contributed by atoms with Crippen molar-refractivity contribution in [2.75, 3.05) is 35.8 Å².